The summed E-state index contributed by atoms with van der Waals surface area (Å²) in [7, 11) is 0. The lowest BCUT2D eigenvalue weighted by molar-refractivity contribution is -0.287. The van der Waals surface area contributed by atoms with Gasteiger partial charge in [-0.15, -0.1) is 0 Å². The Bertz CT molecular complexity index is 162. The van der Waals surface area contributed by atoms with Gasteiger partial charge in [-0.3, -0.25) is 0 Å². The summed E-state index contributed by atoms with van der Waals surface area (Å²) >= 11 is 0. The zero-order valence-corrected chi connectivity index (χ0v) is 6.22. The highest BCUT2D eigenvalue weighted by Gasteiger charge is 2.48. The van der Waals surface area contributed by atoms with E-state index in [0.29, 0.717) is 0 Å². The topological polar surface area (TPSA) is 90.2 Å². The van der Waals surface area contributed by atoms with Crippen LogP contribution >= 0.6 is 0 Å². The fourth-order valence-corrected chi connectivity index (χ4v) is 1.03. The van der Waals surface area contributed by atoms with E-state index in [0.717, 1.165) is 0 Å². The SMILES string of the molecule is OC[C@H]1OC[C@@](O)([18F])[C@@H](O)[C@@H]1O. The maximum Gasteiger partial charge on any atom is 0.259 e. The summed E-state index contributed by atoms with van der Waals surface area (Å²) in [5.41, 5.74) is 0. The summed E-state index contributed by atoms with van der Waals surface area (Å²) in [5, 5.41) is 35.3. The van der Waals surface area contributed by atoms with Crippen LogP contribution in [0.1, 0.15) is 0 Å². The van der Waals surface area contributed by atoms with Crippen LogP contribution in [0.4, 0.5) is 4.39 Å². The van der Waals surface area contributed by atoms with Crippen LogP contribution in [0.3, 0.4) is 0 Å². The Morgan fingerprint density at radius 3 is 2.58 bits per heavy atom. The summed E-state index contributed by atoms with van der Waals surface area (Å²) in [6.07, 6.45) is -4.60. The number of alkyl halides is 1. The van der Waals surface area contributed by atoms with Crippen molar-refractivity contribution in [2.75, 3.05) is 13.2 Å². The third-order valence-electron chi connectivity index (χ3n) is 1.84. The van der Waals surface area contributed by atoms with Crippen molar-refractivity contribution in [1.29, 1.82) is 0 Å². The van der Waals surface area contributed by atoms with E-state index in [1.165, 1.54) is 0 Å². The molecule has 0 saturated carbocycles. The minimum atomic E-state index is -2.94. The molecule has 0 bridgehead atoms. The van der Waals surface area contributed by atoms with E-state index < -0.39 is 37.4 Å². The zero-order chi connectivity index (χ0) is 9.35. The maximum absolute atomic E-state index is 12.8. The molecule has 0 spiro atoms. The second-order valence-corrected chi connectivity index (χ2v) is 2.79. The number of hydrogen-bond donors (Lipinski definition) is 4. The average molecular weight is 181 g/mol. The molecule has 1 aliphatic heterocycles. The molecular weight excluding hydrogens is 170 g/mol. The average Bonchev–Trinajstić information content (AvgIpc) is 2.01. The van der Waals surface area contributed by atoms with Crippen molar-refractivity contribution < 1.29 is 29.6 Å². The van der Waals surface area contributed by atoms with Gasteiger partial charge in [-0.1, -0.05) is 0 Å². The van der Waals surface area contributed by atoms with Crippen molar-refractivity contribution in [3.05, 3.63) is 0 Å². The van der Waals surface area contributed by atoms with E-state index in [2.05, 4.69) is 4.74 Å². The Morgan fingerprint density at radius 1 is 1.50 bits per heavy atom. The number of rotatable bonds is 1. The predicted octanol–water partition coefficient (Wildman–Crippen LogP) is -2.24. The molecule has 72 valence electrons. The van der Waals surface area contributed by atoms with E-state index >= 15 is 0 Å². The van der Waals surface area contributed by atoms with Gasteiger partial charge in [0.05, 0.1) is 6.61 Å². The van der Waals surface area contributed by atoms with Crippen LogP contribution in [0.25, 0.3) is 0 Å². The number of hydrogen-bond acceptors (Lipinski definition) is 5. The van der Waals surface area contributed by atoms with Gasteiger partial charge >= 0.3 is 0 Å². The van der Waals surface area contributed by atoms with Crippen LogP contribution in [0, 0.1) is 0 Å². The molecule has 0 amide bonds. The van der Waals surface area contributed by atoms with Crippen LogP contribution in [0.15, 0.2) is 0 Å². The molecule has 6 heteroatoms. The number of aliphatic hydroxyl groups excluding tert-OH is 3. The lowest BCUT2D eigenvalue weighted by Gasteiger charge is -2.37. The summed E-state index contributed by atoms with van der Waals surface area (Å²) in [6, 6.07) is 0. The first kappa shape index (κ1) is 9.82. The van der Waals surface area contributed by atoms with Crippen LogP contribution < -0.4 is 0 Å². The highest BCUT2D eigenvalue weighted by atomic mass is 18.2. The molecule has 0 aromatic heterocycles. The van der Waals surface area contributed by atoms with E-state index in [4.69, 9.17) is 20.4 Å². The highest BCUT2D eigenvalue weighted by molar-refractivity contribution is 4.90. The summed E-state index contributed by atoms with van der Waals surface area (Å²) < 4.78 is 17.3. The van der Waals surface area contributed by atoms with E-state index in [1.807, 2.05) is 0 Å². The molecule has 1 heterocycles. The second kappa shape index (κ2) is 3.23. The van der Waals surface area contributed by atoms with Gasteiger partial charge in [0.25, 0.3) is 5.85 Å². The van der Waals surface area contributed by atoms with E-state index in [-0.39, 0.29) is 0 Å². The molecule has 5 nitrogen and oxygen atoms in total. The van der Waals surface area contributed by atoms with Crippen molar-refractivity contribution in [1.82, 2.24) is 0 Å². The molecule has 0 radical (unpaired) electrons. The summed E-state index contributed by atoms with van der Waals surface area (Å²) in [4.78, 5) is 0. The monoisotopic (exact) mass is 181 g/mol. The van der Waals surface area contributed by atoms with Crippen molar-refractivity contribution in [3.8, 4) is 0 Å². The quantitative estimate of drug-likeness (QED) is 0.367. The number of ether oxygens (including phenoxy) is 1. The van der Waals surface area contributed by atoms with Crippen LogP contribution in [-0.2, 0) is 4.74 Å². The van der Waals surface area contributed by atoms with Gasteiger partial charge < -0.3 is 25.2 Å². The van der Waals surface area contributed by atoms with Crippen LogP contribution in [0.2, 0.25) is 0 Å². The van der Waals surface area contributed by atoms with Crippen molar-refractivity contribution in [3.63, 3.8) is 0 Å². The molecule has 1 fully saturated rings. The molecule has 12 heavy (non-hydrogen) atoms. The zero-order valence-electron chi connectivity index (χ0n) is 6.22. The molecule has 4 atom stereocenters. The van der Waals surface area contributed by atoms with E-state index in [9.17, 15) is 4.39 Å². The predicted molar refractivity (Wildman–Crippen MR) is 34.9 cm³/mol. The molecule has 1 rings (SSSR count). The van der Waals surface area contributed by atoms with Crippen LogP contribution in [-0.4, -0.2) is 57.8 Å². The number of aliphatic hydroxyl groups is 4. The standard InChI is InChI=1S/C6H11FO5/c7-6(11)2-12-3(1-8)4(9)5(6)10/h3-5,8-11H,1-2H2/t3-,4-,5+,6+/m1/s1/i7-1. The van der Waals surface area contributed by atoms with Crippen LogP contribution in [0.5, 0.6) is 0 Å². The minimum absolute atomic E-state index is 0.533. The normalized spacial score (nSPS) is 49.2. The first-order valence-corrected chi connectivity index (χ1v) is 3.49. The first-order valence-electron chi connectivity index (χ1n) is 3.49. The molecule has 1 aliphatic rings. The van der Waals surface area contributed by atoms with E-state index in [1.54, 1.807) is 0 Å². The Balaban J connectivity index is 2.65. The first-order chi connectivity index (χ1) is 5.49. The molecule has 0 aromatic rings. The maximum atomic E-state index is 12.8. The van der Waals surface area contributed by atoms with Gasteiger partial charge in [0, 0.05) is 0 Å². The van der Waals surface area contributed by atoms with Gasteiger partial charge in [-0.25, -0.2) is 4.39 Å². The Kier molecular flexibility index (Phi) is 2.64. The lowest BCUT2D eigenvalue weighted by Crippen LogP contribution is -2.59. The Labute approximate surface area is 68.0 Å². The smallest absolute Gasteiger partial charge is 0.259 e. The molecular formula is C6H11FO5. The van der Waals surface area contributed by atoms with Gasteiger partial charge in [-0.05, 0) is 0 Å². The molecule has 1 saturated heterocycles. The lowest BCUT2D eigenvalue weighted by atomic mass is 9.98. The van der Waals surface area contributed by atoms with Gasteiger partial charge in [0.1, 0.15) is 24.9 Å². The van der Waals surface area contributed by atoms with Gasteiger partial charge in [-0.2, -0.15) is 0 Å². The molecule has 0 aliphatic carbocycles. The van der Waals surface area contributed by atoms with Crippen molar-refractivity contribution >= 4 is 0 Å². The fourth-order valence-electron chi connectivity index (χ4n) is 1.03. The number of halogens is 1. The largest absolute Gasteiger partial charge is 0.394 e. The van der Waals surface area contributed by atoms with Gasteiger partial charge in [0.15, 0.2) is 0 Å². The molecule has 0 aromatic carbocycles. The van der Waals surface area contributed by atoms with Crippen molar-refractivity contribution in [2.24, 2.45) is 0 Å². The minimum Gasteiger partial charge on any atom is -0.394 e. The third kappa shape index (κ3) is 1.57. The van der Waals surface area contributed by atoms with Gasteiger partial charge in [0.2, 0.25) is 0 Å². The second-order valence-electron chi connectivity index (χ2n) is 2.79. The summed E-state index contributed by atoms with van der Waals surface area (Å²) in [5.74, 6) is -2.94. The molecule has 4 N–H and O–H groups in total. The Morgan fingerprint density at radius 2 is 2.08 bits per heavy atom. The Hall–Kier alpha value is -0.270. The molecule has 0 unspecified atom stereocenters. The van der Waals surface area contributed by atoms with Crippen molar-refractivity contribution in [2.45, 2.75) is 24.2 Å². The highest BCUT2D eigenvalue weighted by Crippen LogP contribution is 2.24. The third-order valence-corrected chi connectivity index (χ3v) is 1.84. The fraction of sp³-hybridized carbons (Fsp3) is 1.00. The summed E-state index contributed by atoms with van der Waals surface area (Å²) in [6.45, 7) is -1.29.